The van der Waals surface area contributed by atoms with Gasteiger partial charge in [0.05, 0.1) is 0 Å². The third-order valence-corrected chi connectivity index (χ3v) is 5.45. The topological polar surface area (TPSA) is 0 Å². The average molecular weight is 650 g/mol. The first kappa shape index (κ1) is 17.3. The Bertz CT molecular complexity index is 716. The molecule has 0 radical (unpaired) electrons. The molecule has 0 amide bonds. The van der Waals surface area contributed by atoms with E-state index in [4.69, 9.17) is 0 Å². The predicted octanol–water partition coefficient (Wildman–Crippen LogP) is 7.15. The van der Waals surface area contributed by atoms with E-state index < -0.39 is 0 Å². The maximum Gasteiger partial charge on any atom is 0.0403 e. The molecule has 0 heterocycles. The zero-order chi connectivity index (χ0) is 14.5. The molecule has 2 aromatic rings. The highest BCUT2D eigenvalue weighted by Gasteiger charge is 2.05. The summed E-state index contributed by atoms with van der Waals surface area (Å²) in [6, 6.07) is 8.36. The highest BCUT2D eigenvalue weighted by molar-refractivity contribution is 14.2. The molecule has 0 aromatic heterocycles. The van der Waals surface area contributed by atoms with Crippen molar-refractivity contribution in [2.45, 2.75) is 0 Å². The van der Waals surface area contributed by atoms with Crippen molar-refractivity contribution in [3.63, 3.8) is 0 Å². The van der Waals surface area contributed by atoms with Gasteiger partial charge in [0.1, 0.15) is 0 Å². The number of benzene rings is 2. The van der Waals surface area contributed by atoms with Crippen molar-refractivity contribution in [2.24, 2.45) is 0 Å². The number of hydrogen-bond acceptors (Lipinski definition) is 2. The van der Waals surface area contributed by atoms with Gasteiger partial charge in [-0.05, 0) is 95.3 Å². The second kappa shape index (κ2) is 8.54. The summed E-state index contributed by atoms with van der Waals surface area (Å²) in [5, 5.41) is 8.32. The molecular weight excluding hydrogens is 646 g/mol. The van der Waals surface area contributed by atoms with Crippen molar-refractivity contribution in [2.75, 3.05) is 0 Å². The third kappa shape index (κ3) is 4.47. The van der Waals surface area contributed by atoms with E-state index in [1.165, 1.54) is 17.9 Å². The molecule has 0 aliphatic heterocycles. The lowest BCUT2D eigenvalue weighted by atomic mass is 10.0. The fraction of sp³-hybridized carbons (Fsp3) is 0. The summed E-state index contributed by atoms with van der Waals surface area (Å²) in [6.07, 6.45) is 0. The first-order valence-electron chi connectivity index (χ1n) is 5.15. The van der Waals surface area contributed by atoms with Crippen molar-refractivity contribution in [1.82, 2.24) is 0 Å². The van der Waals surface area contributed by atoms with E-state index in [1.807, 2.05) is 0 Å². The minimum absolute atomic E-state index is 0.996. The van der Waals surface area contributed by atoms with Gasteiger partial charge in [0.2, 0.25) is 0 Å². The van der Waals surface area contributed by atoms with Crippen molar-refractivity contribution < 1.29 is 0 Å². The fourth-order valence-corrected chi connectivity index (χ4v) is 3.51. The zero-order valence-corrected chi connectivity index (χ0v) is 18.8. The van der Waals surface area contributed by atoms with Crippen LogP contribution >= 0.6 is 92.1 Å². The maximum atomic E-state index is 3.58. The summed E-state index contributed by atoms with van der Waals surface area (Å²) >= 11 is 11.5. The highest BCUT2D eigenvalue weighted by atomic mass is 127. The second-order valence-corrected chi connectivity index (χ2v) is 8.69. The minimum Gasteiger partial charge on any atom is -0.0530 e. The fourth-order valence-electron chi connectivity index (χ4n) is 1.63. The van der Waals surface area contributed by atoms with E-state index in [2.05, 4.69) is 121 Å². The van der Waals surface area contributed by atoms with Crippen LogP contribution in [0.15, 0.2) is 33.2 Å². The van der Waals surface area contributed by atoms with Crippen LogP contribution in [-0.4, -0.2) is 0 Å². The molecule has 20 heavy (non-hydrogen) atoms. The van der Waals surface area contributed by atoms with Crippen LogP contribution in [0.4, 0.5) is 0 Å². The smallest absolute Gasteiger partial charge is 0.0403 e. The summed E-state index contributed by atoms with van der Waals surface area (Å²) in [5.74, 6) is 6.27. The van der Waals surface area contributed by atoms with Gasteiger partial charge in [-0.15, -0.1) is 0 Å². The summed E-state index contributed by atoms with van der Waals surface area (Å²) in [6.45, 7) is 0. The van der Waals surface area contributed by atoms with Crippen LogP contribution in [0.5, 0.6) is 0 Å². The van der Waals surface area contributed by atoms with Gasteiger partial charge in [-0.1, -0.05) is 11.8 Å². The molecule has 0 saturated heterocycles. The molecule has 0 aliphatic rings. The van der Waals surface area contributed by atoms with Gasteiger partial charge in [-0.3, -0.25) is 0 Å². The number of hydrogen-bond donors (Lipinski definition) is 0. The number of rotatable bonds is 0. The van der Waals surface area contributed by atoms with Gasteiger partial charge in [-0.2, -0.15) is 0 Å². The van der Waals surface area contributed by atoms with E-state index >= 15 is 0 Å². The quantitative estimate of drug-likeness (QED) is 0.220. The average Bonchev–Trinajstić information content (AvgIpc) is 2.43. The lowest BCUT2D eigenvalue weighted by Gasteiger charge is -2.05. The Balaban J connectivity index is 2.61. The van der Waals surface area contributed by atoms with Crippen molar-refractivity contribution in [3.8, 4) is 22.3 Å². The molecule has 0 aliphatic carbocycles. The number of halogens is 4. The van der Waals surface area contributed by atoms with E-state index in [0.29, 0.717) is 0 Å². The van der Waals surface area contributed by atoms with Gasteiger partial charge < -0.3 is 0 Å². The summed E-state index contributed by atoms with van der Waals surface area (Å²) in [5.41, 5.74) is 1.99. The van der Waals surface area contributed by atoms with Gasteiger partial charge >= 0.3 is 0 Å². The monoisotopic (exact) mass is 648 g/mol. The van der Waals surface area contributed by atoms with Gasteiger partial charge in [0, 0.05) is 62.5 Å². The first-order valence-corrected chi connectivity index (χ1v) is 13.5. The second-order valence-electron chi connectivity index (χ2n) is 3.62. The Hall–Kier alpha value is 0.940. The van der Waals surface area contributed by atoms with Crippen molar-refractivity contribution in [1.29, 1.82) is 0 Å². The Kier molecular flexibility index (Phi) is 7.39. The molecule has 0 N–H and O–H groups in total. The number of fused-ring (bicyclic) bond motifs is 1. The Labute approximate surface area is 167 Å². The molecule has 0 unspecified atom stereocenters. The van der Waals surface area contributed by atoms with E-state index in [-0.39, 0.29) is 0 Å². The van der Waals surface area contributed by atoms with E-state index in [0.717, 1.165) is 30.8 Å². The third-order valence-electron chi connectivity index (χ3n) is 2.46. The minimum atomic E-state index is 0.996. The molecule has 0 nitrogen and oxygen atoms in total. The summed E-state index contributed by atoms with van der Waals surface area (Å²) < 4.78 is 2.01. The summed E-state index contributed by atoms with van der Waals surface area (Å²) in [7, 11) is 2.97. The normalized spacial score (nSPS) is 9.60. The van der Waals surface area contributed by atoms with Crippen LogP contribution in [-0.2, 0) is 0 Å². The molecule has 6 heteroatoms. The van der Waals surface area contributed by atoms with Crippen LogP contribution in [0.25, 0.3) is 10.8 Å². The largest absolute Gasteiger partial charge is 0.0530 e. The van der Waals surface area contributed by atoms with Crippen LogP contribution in [0.2, 0.25) is 0 Å². The lowest BCUT2D eigenvalue weighted by molar-refractivity contribution is 1.60. The van der Waals surface area contributed by atoms with Crippen LogP contribution in [0.1, 0.15) is 11.1 Å². The summed E-state index contributed by atoms with van der Waals surface area (Å²) in [4.78, 5) is 0. The first-order chi connectivity index (χ1) is 9.65. The molecule has 0 atom stereocenters. The zero-order valence-electron chi connectivity index (χ0n) is 9.64. The predicted molar refractivity (Wildman–Crippen MR) is 116 cm³/mol. The van der Waals surface area contributed by atoms with Crippen LogP contribution < -0.4 is 0 Å². The van der Waals surface area contributed by atoms with Gasteiger partial charge in [0.25, 0.3) is 0 Å². The van der Waals surface area contributed by atoms with Gasteiger partial charge in [-0.25, -0.2) is 0 Å². The molecule has 2 aromatic carbocycles. The Morgan fingerprint density at radius 2 is 1.15 bits per heavy atom. The molecule has 0 saturated carbocycles. The van der Waals surface area contributed by atoms with Crippen LogP contribution in [0.3, 0.4) is 0 Å². The Morgan fingerprint density at radius 3 is 1.50 bits per heavy atom. The highest BCUT2D eigenvalue weighted by Crippen LogP contribution is 2.29. The molecular formula is C14H4Br2I2S2. The van der Waals surface area contributed by atoms with Crippen molar-refractivity contribution >= 4 is 103 Å². The molecule has 0 fully saturated rings. The molecule has 2 rings (SSSR count). The van der Waals surface area contributed by atoms with Crippen LogP contribution in [0, 0.1) is 22.3 Å². The lowest BCUT2D eigenvalue weighted by Crippen LogP contribution is -1.84. The van der Waals surface area contributed by atoms with Crippen molar-refractivity contribution in [3.05, 3.63) is 44.3 Å². The van der Waals surface area contributed by atoms with E-state index in [9.17, 15) is 0 Å². The molecule has 100 valence electrons. The molecule has 0 spiro atoms. The SMILES string of the molecule is Brc1cc2cc(C#CSI)c(Br)cc2cc1C#CSI. The molecule has 0 bridgehead atoms. The van der Waals surface area contributed by atoms with E-state index in [1.54, 1.807) is 0 Å². The Morgan fingerprint density at radius 1 is 0.750 bits per heavy atom. The standard InChI is InChI=1S/C14H4Br2I2S2/c15-13-7-12-6-10(2-4-20-18)14(16)8-11(12)5-9(13)1-3-19-17/h5-8H. The maximum absolute atomic E-state index is 3.58. The van der Waals surface area contributed by atoms with Gasteiger partial charge in [0.15, 0.2) is 0 Å².